The van der Waals surface area contributed by atoms with Crippen LogP contribution in [0.4, 0.5) is 4.39 Å². The Morgan fingerprint density at radius 2 is 2.20 bits per heavy atom. The Hall–Kier alpha value is -0.600. The monoisotopic (exact) mass is 227 g/mol. The summed E-state index contributed by atoms with van der Waals surface area (Å²) in [4.78, 5) is 0. The summed E-state index contributed by atoms with van der Waals surface area (Å²) in [5.41, 5.74) is 6.65. The second kappa shape index (κ2) is 4.50. The van der Waals surface area contributed by atoms with Crippen molar-refractivity contribution in [3.8, 4) is 0 Å². The van der Waals surface area contributed by atoms with Gasteiger partial charge in [0.15, 0.2) is 0 Å². The average Bonchev–Trinajstić information content (AvgIpc) is 2.69. The maximum atomic E-state index is 13.1. The maximum absolute atomic E-state index is 13.1. The molecule has 1 aliphatic rings. The van der Waals surface area contributed by atoms with Gasteiger partial charge in [-0.25, -0.2) is 4.39 Å². The van der Waals surface area contributed by atoms with E-state index >= 15 is 0 Å². The third kappa shape index (κ3) is 2.16. The molecule has 1 aliphatic carbocycles. The van der Waals surface area contributed by atoms with Crippen LogP contribution in [-0.4, -0.2) is 6.54 Å². The van der Waals surface area contributed by atoms with Crippen LogP contribution in [0.2, 0.25) is 5.02 Å². The Morgan fingerprint density at radius 3 is 2.93 bits per heavy atom. The minimum Gasteiger partial charge on any atom is -0.330 e. The van der Waals surface area contributed by atoms with E-state index in [0.29, 0.717) is 23.4 Å². The van der Waals surface area contributed by atoms with E-state index in [1.165, 1.54) is 12.5 Å². The van der Waals surface area contributed by atoms with Gasteiger partial charge in [-0.15, -0.1) is 0 Å². The standard InChI is InChI=1S/C12H15ClFN/c13-12-5-4-9(14)6-11(12)10-3-1-2-8(10)7-15/h4-6,8,10H,1-3,7,15H2. The predicted octanol–water partition coefficient (Wildman–Crippen LogP) is 3.32. The van der Waals surface area contributed by atoms with Crippen molar-refractivity contribution in [2.24, 2.45) is 11.7 Å². The number of hydrogen-bond acceptors (Lipinski definition) is 1. The van der Waals surface area contributed by atoms with Gasteiger partial charge in [0.05, 0.1) is 0 Å². The van der Waals surface area contributed by atoms with Crippen molar-refractivity contribution in [1.82, 2.24) is 0 Å². The number of nitrogens with two attached hydrogens (primary N) is 1. The van der Waals surface area contributed by atoms with Crippen molar-refractivity contribution >= 4 is 11.6 Å². The summed E-state index contributed by atoms with van der Waals surface area (Å²) in [6.45, 7) is 0.664. The van der Waals surface area contributed by atoms with Crippen LogP contribution in [0.15, 0.2) is 18.2 Å². The van der Waals surface area contributed by atoms with Gasteiger partial charge in [-0.05, 0) is 55.0 Å². The molecule has 0 aliphatic heterocycles. The van der Waals surface area contributed by atoms with Crippen LogP contribution in [0.5, 0.6) is 0 Å². The molecule has 0 spiro atoms. The first kappa shape index (κ1) is 10.9. The Labute approximate surface area is 94.4 Å². The van der Waals surface area contributed by atoms with Gasteiger partial charge < -0.3 is 5.73 Å². The van der Waals surface area contributed by atoms with Gasteiger partial charge in [0.1, 0.15) is 5.82 Å². The summed E-state index contributed by atoms with van der Waals surface area (Å²) >= 11 is 6.09. The zero-order valence-corrected chi connectivity index (χ0v) is 9.30. The fraction of sp³-hybridized carbons (Fsp3) is 0.500. The van der Waals surface area contributed by atoms with Crippen LogP contribution < -0.4 is 5.73 Å². The van der Waals surface area contributed by atoms with Gasteiger partial charge in [0, 0.05) is 5.02 Å². The molecule has 82 valence electrons. The first-order chi connectivity index (χ1) is 7.22. The van der Waals surface area contributed by atoms with Crippen molar-refractivity contribution in [2.75, 3.05) is 6.54 Å². The van der Waals surface area contributed by atoms with E-state index in [-0.39, 0.29) is 5.82 Å². The Kier molecular flexibility index (Phi) is 3.27. The summed E-state index contributed by atoms with van der Waals surface area (Å²) in [6.07, 6.45) is 3.37. The average molecular weight is 228 g/mol. The maximum Gasteiger partial charge on any atom is 0.123 e. The lowest BCUT2D eigenvalue weighted by atomic mass is 9.89. The molecule has 15 heavy (non-hydrogen) atoms. The van der Waals surface area contributed by atoms with Crippen LogP contribution in [-0.2, 0) is 0 Å². The third-order valence-corrected chi connectivity index (χ3v) is 3.66. The fourth-order valence-electron chi connectivity index (χ4n) is 2.53. The van der Waals surface area contributed by atoms with Crippen molar-refractivity contribution in [1.29, 1.82) is 0 Å². The molecule has 2 rings (SSSR count). The molecule has 1 nitrogen and oxygen atoms in total. The number of benzene rings is 1. The van der Waals surface area contributed by atoms with Crippen molar-refractivity contribution < 1.29 is 4.39 Å². The van der Waals surface area contributed by atoms with E-state index in [0.717, 1.165) is 18.4 Å². The van der Waals surface area contributed by atoms with Gasteiger partial charge in [-0.1, -0.05) is 18.0 Å². The zero-order valence-electron chi connectivity index (χ0n) is 8.55. The molecular formula is C12H15ClFN. The SMILES string of the molecule is NCC1CCCC1c1cc(F)ccc1Cl. The van der Waals surface area contributed by atoms with E-state index in [1.807, 2.05) is 0 Å². The fourth-order valence-corrected chi connectivity index (χ4v) is 2.78. The first-order valence-corrected chi connectivity index (χ1v) is 5.75. The van der Waals surface area contributed by atoms with Gasteiger partial charge in [-0.3, -0.25) is 0 Å². The highest BCUT2D eigenvalue weighted by atomic mass is 35.5. The molecule has 0 heterocycles. The number of halogens is 2. The lowest BCUT2D eigenvalue weighted by Crippen LogP contribution is -2.17. The van der Waals surface area contributed by atoms with Crippen molar-refractivity contribution in [2.45, 2.75) is 25.2 Å². The highest BCUT2D eigenvalue weighted by Gasteiger charge is 2.28. The van der Waals surface area contributed by atoms with Gasteiger partial charge >= 0.3 is 0 Å². The minimum atomic E-state index is -0.211. The molecule has 0 aromatic heterocycles. The van der Waals surface area contributed by atoms with E-state index in [4.69, 9.17) is 17.3 Å². The predicted molar refractivity (Wildman–Crippen MR) is 60.5 cm³/mol. The number of hydrogen-bond donors (Lipinski definition) is 1. The molecule has 1 fully saturated rings. The molecule has 1 saturated carbocycles. The molecule has 1 aromatic rings. The smallest absolute Gasteiger partial charge is 0.123 e. The Morgan fingerprint density at radius 1 is 1.40 bits per heavy atom. The molecule has 3 heteroatoms. The van der Waals surface area contributed by atoms with E-state index < -0.39 is 0 Å². The van der Waals surface area contributed by atoms with Crippen molar-refractivity contribution in [3.63, 3.8) is 0 Å². The highest BCUT2D eigenvalue weighted by Crippen LogP contribution is 2.41. The third-order valence-electron chi connectivity index (χ3n) is 3.32. The van der Waals surface area contributed by atoms with E-state index in [1.54, 1.807) is 12.1 Å². The van der Waals surface area contributed by atoms with Crippen LogP contribution >= 0.6 is 11.6 Å². The van der Waals surface area contributed by atoms with Gasteiger partial charge in [-0.2, -0.15) is 0 Å². The molecule has 0 amide bonds. The summed E-state index contributed by atoms with van der Waals surface area (Å²) in [7, 11) is 0. The zero-order chi connectivity index (χ0) is 10.8. The lowest BCUT2D eigenvalue weighted by Gasteiger charge is -2.19. The normalized spacial score (nSPS) is 25.8. The molecule has 2 atom stereocenters. The molecule has 2 unspecified atom stereocenters. The summed E-state index contributed by atoms with van der Waals surface area (Å²) < 4.78 is 13.1. The van der Waals surface area contributed by atoms with E-state index in [2.05, 4.69) is 0 Å². The quantitative estimate of drug-likeness (QED) is 0.824. The van der Waals surface area contributed by atoms with Gasteiger partial charge in [0.2, 0.25) is 0 Å². The topological polar surface area (TPSA) is 26.0 Å². The van der Waals surface area contributed by atoms with Gasteiger partial charge in [0.25, 0.3) is 0 Å². The first-order valence-electron chi connectivity index (χ1n) is 5.37. The summed E-state index contributed by atoms with van der Waals surface area (Å²) in [6, 6.07) is 4.59. The van der Waals surface area contributed by atoms with Crippen LogP contribution in [0.25, 0.3) is 0 Å². The van der Waals surface area contributed by atoms with Crippen molar-refractivity contribution in [3.05, 3.63) is 34.6 Å². The second-order valence-electron chi connectivity index (χ2n) is 4.20. The summed E-state index contributed by atoms with van der Waals surface area (Å²) in [5, 5.41) is 0.668. The van der Waals surface area contributed by atoms with Crippen LogP contribution in [0.1, 0.15) is 30.7 Å². The minimum absolute atomic E-state index is 0.211. The lowest BCUT2D eigenvalue weighted by molar-refractivity contribution is 0.493. The molecule has 0 radical (unpaired) electrons. The Bertz CT molecular complexity index is 353. The summed E-state index contributed by atoms with van der Waals surface area (Å²) in [5.74, 6) is 0.597. The molecule has 0 saturated heterocycles. The number of rotatable bonds is 2. The molecular weight excluding hydrogens is 213 g/mol. The molecule has 2 N–H and O–H groups in total. The highest BCUT2D eigenvalue weighted by molar-refractivity contribution is 6.31. The largest absolute Gasteiger partial charge is 0.330 e. The van der Waals surface area contributed by atoms with Crippen LogP contribution in [0.3, 0.4) is 0 Å². The molecule has 0 bridgehead atoms. The van der Waals surface area contributed by atoms with Crippen LogP contribution in [0, 0.1) is 11.7 Å². The van der Waals surface area contributed by atoms with E-state index in [9.17, 15) is 4.39 Å². The molecule has 1 aromatic carbocycles. The second-order valence-corrected chi connectivity index (χ2v) is 4.61. The Balaban J connectivity index is 2.31.